The number of Topliss-reactive ketones (excluding diaryl/α,β-unsaturated/α-hetero) is 1. The maximum Gasteiger partial charge on any atom is 0.166 e. The summed E-state index contributed by atoms with van der Waals surface area (Å²) in [6.07, 6.45) is 0. The minimum atomic E-state index is -0.265. The number of nitrogens with one attached hydrogen (secondary N) is 2. The Morgan fingerprint density at radius 1 is 1.33 bits per heavy atom. The first kappa shape index (κ1) is 11.7. The molecule has 0 aromatic heterocycles. The van der Waals surface area contributed by atoms with Crippen molar-refractivity contribution in [3.63, 3.8) is 0 Å². The lowest BCUT2D eigenvalue weighted by atomic mass is 10.1. The molecule has 0 aromatic rings. The number of ketones is 1. The Hall–Kier alpha value is -1.36. The molecule has 1 rings (SSSR count). The lowest BCUT2D eigenvalue weighted by Gasteiger charge is -2.30. The number of aliphatic hydroxyl groups is 1. The van der Waals surface area contributed by atoms with Gasteiger partial charge in [0.15, 0.2) is 5.78 Å². The summed E-state index contributed by atoms with van der Waals surface area (Å²) in [5, 5.41) is 20.4. The summed E-state index contributed by atoms with van der Waals surface area (Å²) in [4.78, 5) is 13.1. The Morgan fingerprint density at radius 2 is 1.87 bits per heavy atom. The number of hydrogen-bond acceptors (Lipinski definition) is 4. The maximum absolute atomic E-state index is 11.3. The highest BCUT2D eigenvalue weighted by atomic mass is 16.3. The molecular formula is C10H17N3O2. The Bertz CT molecular complexity index is 300. The zero-order valence-corrected chi connectivity index (χ0v) is 9.13. The lowest BCUT2D eigenvalue weighted by molar-refractivity contribution is -0.113. The van der Waals surface area contributed by atoms with Gasteiger partial charge in [0.25, 0.3) is 0 Å². The van der Waals surface area contributed by atoms with Gasteiger partial charge in [0.1, 0.15) is 11.6 Å². The summed E-state index contributed by atoms with van der Waals surface area (Å²) in [6.45, 7) is 5.81. The largest absolute Gasteiger partial charge is 0.512 e. The molecule has 0 radical (unpaired) electrons. The van der Waals surface area contributed by atoms with Crippen LogP contribution >= 0.6 is 0 Å². The first-order valence-corrected chi connectivity index (χ1v) is 4.99. The Kier molecular flexibility index (Phi) is 3.85. The molecule has 0 aliphatic carbocycles. The van der Waals surface area contributed by atoms with E-state index >= 15 is 0 Å². The smallest absolute Gasteiger partial charge is 0.166 e. The van der Waals surface area contributed by atoms with Gasteiger partial charge in [0.2, 0.25) is 0 Å². The van der Waals surface area contributed by atoms with Gasteiger partial charge in [0, 0.05) is 26.2 Å². The molecule has 1 fully saturated rings. The van der Waals surface area contributed by atoms with Crippen LogP contribution < -0.4 is 5.32 Å². The van der Waals surface area contributed by atoms with Crippen molar-refractivity contribution in [1.82, 2.24) is 10.2 Å². The van der Waals surface area contributed by atoms with Crippen molar-refractivity contribution in [2.24, 2.45) is 0 Å². The van der Waals surface area contributed by atoms with E-state index in [1.165, 1.54) is 13.8 Å². The third-order valence-electron chi connectivity index (χ3n) is 2.38. The van der Waals surface area contributed by atoms with Crippen molar-refractivity contribution in [2.45, 2.75) is 13.8 Å². The van der Waals surface area contributed by atoms with Crippen LogP contribution in [0.3, 0.4) is 0 Å². The number of carbonyl (C=O) groups excluding carboxylic acids is 1. The summed E-state index contributed by atoms with van der Waals surface area (Å²) in [7, 11) is 0. The topological polar surface area (TPSA) is 76.4 Å². The second-order valence-corrected chi connectivity index (χ2v) is 3.60. The zero-order chi connectivity index (χ0) is 11.4. The van der Waals surface area contributed by atoms with E-state index in [4.69, 9.17) is 5.41 Å². The van der Waals surface area contributed by atoms with Crippen LogP contribution in [-0.4, -0.2) is 47.8 Å². The highest BCUT2D eigenvalue weighted by molar-refractivity contribution is 6.19. The van der Waals surface area contributed by atoms with Gasteiger partial charge >= 0.3 is 0 Å². The van der Waals surface area contributed by atoms with E-state index in [0.29, 0.717) is 13.1 Å². The van der Waals surface area contributed by atoms with Gasteiger partial charge in [-0.25, -0.2) is 0 Å². The van der Waals surface area contributed by atoms with E-state index in [0.717, 1.165) is 13.1 Å². The monoisotopic (exact) mass is 211 g/mol. The third-order valence-corrected chi connectivity index (χ3v) is 2.38. The van der Waals surface area contributed by atoms with E-state index in [2.05, 4.69) is 5.32 Å². The average molecular weight is 211 g/mol. The molecule has 1 heterocycles. The van der Waals surface area contributed by atoms with E-state index in [-0.39, 0.29) is 23.0 Å². The molecule has 1 saturated heterocycles. The van der Waals surface area contributed by atoms with Gasteiger partial charge in [-0.2, -0.15) is 0 Å². The summed E-state index contributed by atoms with van der Waals surface area (Å²) in [5.74, 6) is -0.214. The normalized spacial score (nSPS) is 18.4. The quantitative estimate of drug-likeness (QED) is 0.265. The van der Waals surface area contributed by atoms with Gasteiger partial charge in [-0.15, -0.1) is 0 Å². The second-order valence-electron chi connectivity index (χ2n) is 3.60. The SMILES string of the molecule is CC(=O)C(C(=N)N1CCNCC1)=C(C)O. The minimum absolute atomic E-state index is 0.0777. The summed E-state index contributed by atoms with van der Waals surface area (Å²) in [6, 6.07) is 0. The third kappa shape index (κ3) is 2.79. The number of carbonyl (C=O) groups is 1. The summed E-state index contributed by atoms with van der Waals surface area (Å²) in [5.41, 5.74) is 0.122. The van der Waals surface area contributed by atoms with Crippen molar-refractivity contribution >= 4 is 11.6 Å². The van der Waals surface area contributed by atoms with Crippen LogP contribution in [0.4, 0.5) is 0 Å². The molecule has 0 saturated carbocycles. The minimum Gasteiger partial charge on any atom is -0.512 e. The van der Waals surface area contributed by atoms with Crippen molar-refractivity contribution in [3.05, 3.63) is 11.3 Å². The summed E-state index contributed by atoms with van der Waals surface area (Å²) < 4.78 is 0. The number of amidine groups is 1. The fraction of sp³-hybridized carbons (Fsp3) is 0.600. The van der Waals surface area contributed by atoms with E-state index in [9.17, 15) is 9.90 Å². The van der Waals surface area contributed by atoms with Gasteiger partial charge in [-0.05, 0) is 13.8 Å². The van der Waals surface area contributed by atoms with Crippen LogP contribution in [-0.2, 0) is 4.79 Å². The van der Waals surface area contributed by atoms with Gasteiger partial charge in [0.05, 0.1) is 5.57 Å². The standard InChI is InChI=1S/C10H17N3O2/c1-7(14)9(8(2)15)10(11)13-5-3-12-4-6-13/h11-12,14H,3-6H2,1-2H3. The number of allylic oxidation sites excluding steroid dienone is 1. The molecule has 5 heteroatoms. The fourth-order valence-electron chi connectivity index (χ4n) is 1.64. The molecule has 84 valence electrons. The predicted octanol–water partition coefficient (Wildman–Crippen LogP) is 0.290. The van der Waals surface area contributed by atoms with Gasteiger partial charge < -0.3 is 15.3 Å². The molecule has 0 spiro atoms. The summed E-state index contributed by atoms with van der Waals surface area (Å²) >= 11 is 0. The first-order valence-electron chi connectivity index (χ1n) is 4.99. The van der Waals surface area contributed by atoms with Crippen LogP contribution in [0.5, 0.6) is 0 Å². The molecule has 1 aliphatic rings. The van der Waals surface area contributed by atoms with Crippen molar-refractivity contribution in [1.29, 1.82) is 5.41 Å². The van der Waals surface area contributed by atoms with Crippen LogP contribution in [0.1, 0.15) is 13.8 Å². The molecular weight excluding hydrogens is 194 g/mol. The molecule has 0 aromatic carbocycles. The van der Waals surface area contributed by atoms with Crippen molar-refractivity contribution in [2.75, 3.05) is 26.2 Å². The number of hydrogen-bond donors (Lipinski definition) is 3. The molecule has 3 N–H and O–H groups in total. The fourth-order valence-corrected chi connectivity index (χ4v) is 1.64. The van der Waals surface area contributed by atoms with E-state index in [1.54, 1.807) is 4.90 Å². The number of nitrogens with zero attached hydrogens (tertiary/aromatic N) is 1. The average Bonchev–Trinajstić information content (AvgIpc) is 2.18. The number of piperazine rings is 1. The van der Waals surface area contributed by atoms with Crippen molar-refractivity contribution < 1.29 is 9.90 Å². The number of aliphatic hydroxyl groups excluding tert-OH is 1. The first-order chi connectivity index (χ1) is 7.04. The highest BCUT2D eigenvalue weighted by Crippen LogP contribution is 2.09. The molecule has 0 atom stereocenters. The van der Waals surface area contributed by atoms with Crippen LogP contribution in [0.2, 0.25) is 0 Å². The maximum atomic E-state index is 11.3. The zero-order valence-electron chi connectivity index (χ0n) is 9.13. The van der Waals surface area contributed by atoms with E-state index in [1.807, 2.05) is 0 Å². The molecule has 0 bridgehead atoms. The van der Waals surface area contributed by atoms with E-state index < -0.39 is 0 Å². The molecule has 5 nitrogen and oxygen atoms in total. The Labute approximate surface area is 89.3 Å². The molecule has 0 unspecified atom stereocenters. The molecule has 1 aliphatic heterocycles. The second kappa shape index (κ2) is 4.93. The van der Waals surface area contributed by atoms with Crippen LogP contribution in [0.25, 0.3) is 0 Å². The van der Waals surface area contributed by atoms with Gasteiger partial charge in [-0.1, -0.05) is 0 Å². The molecule has 0 amide bonds. The van der Waals surface area contributed by atoms with Gasteiger partial charge in [-0.3, -0.25) is 10.2 Å². The predicted molar refractivity (Wildman–Crippen MR) is 58.2 cm³/mol. The Morgan fingerprint density at radius 3 is 2.27 bits per heavy atom. The number of rotatable bonds is 2. The van der Waals surface area contributed by atoms with Crippen LogP contribution in [0.15, 0.2) is 11.3 Å². The Balaban J connectivity index is 2.81. The van der Waals surface area contributed by atoms with Crippen molar-refractivity contribution in [3.8, 4) is 0 Å². The lowest BCUT2D eigenvalue weighted by Crippen LogP contribution is -2.47. The van der Waals surface area contributed by atoms with Crippen LogP contribution in [0, 0.1) is 5.41 Å². The molecule has 15 heavy (non-hydrogen) atoms. The highest BCUT2D eigenvalue weighted by Gasteiger charge is 2.21.